The van der Waals surface area contributed by atoms with E-state index in [0.717, 1.165) is 44.5 Å². The van der Waals surface area contributed by atoms with Gasteiger partial charge in [0.25, 0.3) is 0 Å². The molecule has 0 saturated carbocycles. The minimum absolute atomic E-state index is 0.0168. The number of carboxylic acids is 1. The Hall–Kier alpha value is -2.18. The van der Waals surface area contributed by atoms with Crippen LogP contribution in [0.4, 0.5) is 0 Å². The van der Waals surface area contributed by atoms with Crippen LogP contribution in [0.2, 0.25) is 0 Å². The van der Waals surface area contributed by atoms with Gasteiger partial charge in [-0.25, -0.2) is 4.79 Å². The Bertz CT molecular complexity index is 641. The number of benzene rings is 1. The molecule has 140 valence electrons. The highest BCUT2D eigenvalue weighted by Gasteiger charge is 2.25. The Labute approximate surface area is 153 Å². The van der Waals surface area contributed by atoms with E-state index >= 15 is 0 Å². The number of carboxylic acid groups (broad SMARTS) is 1. The molecule has 3 rings (SSSR count). The maximum Gasteiger partial charge on any atom is 0.335 e. The Morgan fingerprint density at radius 1 is 1.04 bits per heavy atom. The van der Waals surface area contributed by atoms with Crippen molar-refractivity contribution in [2.45, 2.75) is 37.9 Å². The molecule has 2 saturated heterocycles. The van der Waals surface area contributed by atoms with Crippen LogP contribution in [-0.2, 0) is 14.3 Å². The van der Waals surface area contributed by atoms with Crippen LogP contribution < -0.4 is 0 Å². The summed E-state index contributed by atoms with van der Waals surface area (Å²) in [5, 5.41) is 8.89. The van der Waals surface area contributed by atoms with Crippen molar-refractivity contribution in [2.24, 2.45) is 0 Å². The van der Waals surface area contributed by atoms with Gasteiger partial charge in [-0.2, -0.15) is 0 Å². The number of rotatable bonds is 5. The van der Waals surface area contributed by atoms with Gasteiger partial charge in [-0.05, 0) is 49.5 Å². The van der Waals surface area contributed by atoms with Crippen LogP contribution in [0.15, 0.2) is 30.3 Å². The van der Waals surface area contributed by atoms with Gasteiger partial charge in [-0.3, -0.25) is 4.79 Å². The fourth-order valence-electron chi connectivity index (χ4n) is 3.31. The molecule has 0 bridgehead atoms. The molecule has 1 N–H and O–H groups in total. The van der Waals surface area contributed by atoms with Gasteiger partial charge in [-0.15, -0.1) is 0 Å². The molecule has 6 nitrogen and oxygen atoms in total. The third-order valence-electron chi connectivity index (χ3n) is 4.88. The summed E-state index contributed by atoms with van der Waals surface area (Å²) in [7, 11) is 0. The number of likely N-dealkylation sites (tertiary alicyclic amines) is 1. The zero-order chi connectivity index (χ0) is 18.4. The molecule has 1 aromatic rings. The number of piperidine rings is 1. The van der Waals surface area contributed by atoms with Crippen molar-refractivity contribution in [3.63, 3.8) is 0 Å². The van der Waals surface area contributed by atoms with Crippen LogP contribution >= 0.6 is 0 Å². The average Bonchev–Trinajstić information content (AvgIpc) is 2.68. The monoisotopic (exact) mass is 359 g/mol. The van der Waals surface area contributed by atoms with Gasteiger partial charge in [0.2, 0.25) is 5.91 Å². The number of hydrogen-bond donors (Lipinski definition) is 1. The first kappa shape index (κ1) is 18.6. The topological polar surface area (TPSA) is 76.1 Å². The second kappa shape index (κ2) is 8.96. The molecule has 2 aliphatic heterocycles. The largest absolute Gasteiger partial charge is 0.478 e. The van der Waals surface area contributed by atoms with E-state index in [4.69, 9.17) is 14.6 Å². The molecule has 1 amide bonds. The number of carbonyl (C=O) groups excluding carboxylic acids is 1. The van der Waals surface area contributed by atoms with Crippen molar-refractivity contribution in [3.8, 4) is 0 Å². The fourth-order valence-corrected chi connectivity index (χ4v) is 3.31. The maximum atomic E-state index is 12.3. The molecular formula is C20H25NO5. The van der Waals surface area contributed by atoms with E-state index in [9.17, 15) is 9.59 Å². The highest BCUT2D eigenvalue weighted by Crippen LogP contribution is 2.20. The van der Waals surface area contributed by atoms with E-state index in [0.29, 0.717) is 19.2 Å². The summed E-state index contributed by atoms with van der Waals surface area (Å²) >= 11 is 0. The van der Waals surface area contributed by atoms with E-state index in [1.165, 1.54) is 12.1 Å². The summed E-state index contributed by atoms with van der Waals surface area (Å²) in [4.78, 5) is 25.0. The Balaban J connectivity index is 1.44. The van der Waals surface area contributed by atoms with Gasteiger partial charge in [0, 0.05) is 32.4 Å². The lowest BCUT2D eigenvalue weighted by atomic mass is 10.1. The summed E-state index contributed by atoms with van der Waals surface area (Å²) in [6, 6.07) is 6.46. The van der Waals surface area contributed by atoms with E-state index in [1.54, 1.807) is 24.3 Å². The third-order valence-corrected chi connectivity index (χ3v) is 4.88. The third kappa shape index (κ3) is 5.16. The SMILES string of the molecule is O=C(O)c1ccc(/C=C/C(=O)N2CCC(OC3CCOCC3)CC2)cc1. The predicted octanol–water partition coefficient (Wildman–Crippen LogP) is 2.58. The molecule has 1 aromatic carbocycles. The molecule has 2 heterocycles. The second-order valence-corrected chi connectivity index (χ2v) is 6.73. The number of nitrogens with zero attached hydrogens (tertiary/aromatic N) is 1. The number of aromatic carboxylic acids is 1. The molecule has 2 aliphatic rings. The Kier molecular flexibility index (Phi) is 6.41. The van der Waals surface area contributed by atoms with Crippen molar-refractivity contribution < 1.29 is 24.2 Å². The zero-order valence-electron chi connectivity index (χ0n) is 14.8. The number of amides is 1. The molecule has 26 heavy (non-hydrogen) atoms. The van der Waals surface area contributed by atoms with Crippen molar-refractivity contribution in [2.75, 3.05) is 26.3 Å². The smallest absolute Gasteiger partial charge is 0.335 e. The van der Waals surface area contributed by atoms with Crippen LogP contribution in [0.3, 0.4) is 0 Å². The summed E-state index contributed by atoms with van der Waals surface area (Å²) in [5.74, 6) is -0.973. The van der Waals surface area contributed by atoms with E-state index in [1.807, 2.05) is 4.90 Å². The van der Waals surface area contributed by atoms with Crippen molar-refractivity contribution in [1.82, 2.24) is 4.90 Å². The van der Waals surface area contributed by atoms with E-state index in [-0.39, 0.29) is 17.6 Å². The first-order valence-electron chi connectivity index (χ1n) is 9.15. The molecule has 0 aliphatic carbocycles. The van der Waals surface area contributed by atoms with Gasteiger partial charge in [0.1, 0.15) is 0 Å². The zero-order valence-corrected chi connectivity index (χ0v) is 14.8. The van der Waals surface area contributed by atoms with Crippen LogP contribution in [0.1, 0.15) is 41.6 Å². The molecule has 0 unspecified atom stereocenters. The molecule has 6 heteroatoms. The highest BCUT2D eigenvalue weighted by atomic mass is 16.5. The molecule has 0 aromatic heterocycles. The summed E-state index contributed by atoms with van der Waals surface area (Å²) in [5.41, 5.74) is 1.04. The normalized spacial score (nSPS) is 19.8. The van der Waals surface area contributed by atoms with Gasteiger partial charge in [0.05, 0.1) is 17.8 Å². The first-order chi connectivity index (χ1) is 12.6. The minimum atomic E-state index is -0.956. The Morgan fingerprint density at radius 2 is 1.65 bits per heavy atom. The first-order valence-corrected chi connectivity index (χ1v) is 9.15. The quantitative estimate of drug-likeness (QED) is 0.818. The molecule has 0 atom stereocenters. The van der Waals surface area contributed by atoms with Crippen LogP contribution in [0.25, 0.3) is 6.08 Å². The summed E-state index contributed by atoms with van der Waals surface area (Å²) in [6.45, 7) is 2.96. The van der Waals surface area contributed by atoms with E-state index < -0.39 is 5.97 Å². The van der Waals surface area contributed by atoms with Crippen LogP contribution in [0, 0.1) is 0 Å². The van der Waals surface area contributed by atoms with Crippen molar-refractivity contribution >= 4 is 18.0 Å². The molecule has 2 fully saturated rings. The second-order valence-electron chi connectivity index (χ2n) is 6.73. The van der Waals surface area contributed by atoms with Gasteiger partial charge < -0.3 is 19.5 Å². The van der Waals surface area contributed by atoms with Crippen molar-refractivity contribution in [1.29, 1.82) is 0 Å². The van der Waals surface area contributed by atoms with Crippen LogP contribution in [-0.4, -0.2) is 60.4 Å². The van der Waals surface area contributed by atoms with Crippen LogP contribution in [0.5, 0.6) is 0 Å². The molecular weight excluding hydrogens is 334 g/mol. The van der Waals surface area contributed by atoms with Gasteiger partial charge in [0.15, 0.2) is 0 Å². The molecule has 0 spiro atoms. The minimum Gasteiger partial charge on any atom is -0.478 e. The van der Waals surface area contributed by atoms with Gasteiger partial charge in [-0.1, -0.05) is 12.1 Å². The lowest BCUT2D eigenvalue weighted by molar-refractivity contribution is -0.130. The highest BCUT2D eigenvalue weighted by molar-refractivity contribution is 5.92. The number of carbonyl (C=O) groups is 2. The lowest BCUT2D eigenvalue weighted by Crippen LogP contribution is -2.41. The summed E-state index contributed by atoms with van der Waals surface area (Å²) in [6.07, 6.45) is 7.45. The average molecular weight is 359 g/mol. The number of hydrogen-bond acceptors (Lipinski definition) is 4. The van der Waals surface area contributed by atoms with Crippen molar-refractivity contribution in [3.05, 3.63) is 41.5 Å². The van der Waals surface area contributed by atoms with Gasteiger partial charge >= 0.3 is 5.97 Å². The fraction of sp³-hybridized carbons (Fsp3) is 0.500. The number of ether oxygens (including phenoxy) is 2. The summed E-state index contributed by atoms with van der Waals surface area (Å²) < 4.78 is 11.5. The lowest BCUT2D eigenvalue weighted by Gasteiger charge is -2.34. The van der Waals surface area contributed by atoms with E-state index in [2.05, 4.69) is 0 Å². The Morgan fingerprint density at radius 3 is 2.27 bits per heavy atom. The molecule has 0 radical (unpaired) electrons. The standard InChI is InChI=1S/C20H25NO5/c22-19(6-3-15-1-4-16(5-2-15)20(23)24)21-11-7-17(8-12-21)26-18-9-13-25-14-10-18/h1-6,17-18H,7-14H2,(H,23,24)/b6-3+. The predicted molar refractivity (Wildman–Crippen MR) is 97.0 cm³/mol. The maximum absolute atomic E-state index is 12.3.